The van der Waals surface area contributed by atoms with Crippen LogP contribution in [0.25, 0.3) is 11.2 Å². The van der Waals surface area contributed by atoms with Crippen molar-refractivity contribution in [3.05, 3.63) is 22.5 Å². The second-order valence-electron chi connectivity index (χ2n) is 5.04. The Balaban J connectivity index is 2.34. The lowest BCUT2D eigenvalue weighted by Gasteiger charge is -2.02. The van der Waals surface area contributed by atoms with E-state index in [0.29, 0.717) is 17.0 Å². The molecule has 2 rings (SSSR count). The average molecular weight is 291 g/mol. The lowest BCUT2D eigenvalue weighted by atomic mass is 10.1. The van der Waals surface area contributed by atoms with Crippen molar-refractivity contribution in [3.63, 3.8) is 0 Å². The second-order valence-corrected chi connectivity index (χ2v) is 5.04. The number of aromatic nitrogens is 4. The first-order chi connectivity index (χ1) is 10.1. The van der Waals surface area contributed by atoms with Gasteiger partial charge < -0.3 is 5.32 Å². The van der Waals surface area contributed by atoms with E-state index in [1.165, 1.54) is 24.5 Å². The molecule has 0 aliphatic rings. The molecular weight excluding hydrogens is 270 g/mol. The van der Waals surface area contributed by atoms with Crippen molar-refractivity contribution in [2.24, 2.45) is 7.05 Å². The quantitative estimate of drug-likeness (QED) is 0.845. The number of hydrogen-bond donors (Lipinski definition) is 1. The van der Waals surface area contributed by atoms with E-state index < -0.39 is 11.7 Å². The van der Waals surface area contributed by atoms with Crippen LogP contribution in [0, 0.1) is 0 Å². The minimum atomic E-state index is -0.482. The summed E-state index contributed by atoms with van der Waals surface area (Å²) in [6.45, 7) is 2.17. The van der Waals surface area contributed by atoms with Crippen LogP contribution >= 0.6 is 0 Å². The third kappa shape index (κ3) is 2.96. The van der Waals surface area contributed by atoms with Gasteiger partial charge in [0.25, 0.3) is 0 Å². The van der Waals surface area contributed by atoms with Gasteiger partial charge in [-0.3, -0.25) is 4.57 Å². The van der Waals surface area contributed by atoms with E-state index in [4.69, 9.17) is 0 Å². The first kappa shape index (κ1) is 15.2. The number of amides is 1. The van der Waals surface area contributed by atoms with Crippen molar-refractivity contribution in [1.29, 1.82) is 0 Å². The molecule has 0 aliphatic carbocycles. The molecule has 0 aliphatic heterocycles. The minimum absolute atomic E-state index is 0.415. The molecule has 0 saturated heterocycles. The molecule has 0 atom stereocenters. The SMILES string of the molecule is CCCCCCc1ncc2c(n1)n(C)c(=O)n2C(=O)NC. The van der Waals surface area contributed by atoms with Gasteiger partial charge in [0.1, 0.15) is 11.3 Å². The zero-order valence-corrected chi connectivity index (χ0v) is 12.7. The van der Waals surface area contributed by atoms with Crippen molar-refractivity contribution >= 4 is 17.2 Å². The Morgan fingerprint density at radius 3 is 2.76 bits per heavy atom. The molecular formula is C14H21N5O2. The Morgan fingerprint density at radius 2 is 2.10 bits per heavy atom. The molecule has 7 heteroatoms. The van der Waals surface area contributed by atoms with Gasteiger partial charge in [0, 0.05) is 20.5 Å². The number of carbonyl (C=O) groups is 1. The molecule has 2 heterocycles. The number of nitrogens with one attached hydrogen (secondary N) is 1. The van der Waals surface area contributed by atoms with E-state index in [1.807, 2.05) is 0 Å². The smallest absolute Gasteiger partial charge is 0.338 e. The summed E-state index contributed by atoms with van der Waals surface area (Å²) in [7, 11) is 3.09. The zero-order chi connectivity index (χ0) is 15.4. The van der Waals surface area contributed by atoms with Crippen LogP contribution in [0.4, 0.5) is 4.79 Å². The molecule has 0 aromatic carbocycles. The molecule has 0 fully saturated rings. The summed E-state index contributed by atoms with van der Waals surface area (Å²) in [6.07, 6.45) is 6.90. The number of carbonyl (C=O) groups excluding carboxylic acids is 1. The Bertz CT molecular complexity index is 701. The van der Waals surface area contributed by atoms with Crippen molar-refractivity contribution in [2.75, 3.05) is 7.05 Å². The van der Waals surface area contributed by atoms with E-state index in [1.54, 1.807) is 13.2 Å². The van der Waals surface area contributed by atoms with Gasteiger partial charge in [-0.1, -0.05) is 26.2 Å². The molecule has 2 aromatic heterocycles. The van der Waals surface area contributed by atoms with Gasteiger partial charge in [0.05, 0.1) is 6.20 Å². The Morgan fingerprint density at radius 1 is 1.33 bits per heavy atom. The fourth-order valence-electron chi connectivity index (χ4n) is 2.29. The van der Waals surface area contributed by atoms with Gasteiger partial charge in [-0.25, -0.2) is 24.1 Å². The van der Waals surface area contributed by atoms with Crippen LogP contribution in [0.15, 0.2) is 11.0 Å². The molecule has 1 N–H and O–H groups in total. The summed E-state index contributed by atoms with van der Waals surface area (Å²) in [5, 5.41) is 2.45. The molecule has 2 aromatic rings. The number of fused-ring (bicyclic) bond motifs is 1. The molecule has 0 saturated carbocycles. The Kier molecular flexibility index (Phi) is 4.72. The van der Waals surface area contributed by atoms with Crippen LogP contribution in [0.5, 0.6) is 0 Å². The maximum absolute atomic E-state index is 12.1. The molecule has 21 heavy (non-hydrogen) atoms. The van der Waals surface area contributed by atoms with Crippen molar-refractivity contribution in [2.45, 2.75) is 39.0 Å². The number of imidazole rings is 1. The summed E-state index contributed by atoms with van der Waals surface area (Å²) < 4.78 is 2.43. The number of aryl methyl sites for hydroxylation is 2. The summed E-state index contributed by atoms with van der Waals surface area (Å²) in [6, 6.07) is -0.482. The number of rotatable bonds is 5. The highest BCUT2D eigenvalue weighted by atomic mass is 16.2. The van der Waals surface area contributed by atoms with E-state index >= 15 is 0 Å². The Labute approximate surface area is 123 Å². The van der Waals surface area contributed by atoms with Crippen LogP contribution in [0.1, 0.15) is 38.4 Å². The normalized spacial score (nSPS) is 11.0. The molecule has 1 amide bonds. The maximum atomic E-state index is 12.1. The highest BCUT2D eigenvalue weighted by Gasteiger charge is 2.17. The molecule has 0 spiro atoms. The molecule has 114 valence electrons. The third-order valence-corrected chi connectivity index (χ3v) is 3.51. The summed E-state index contributed by atoms with van der Waals surface area (Å²) >= 11 is 0. The van der Waals surface area contributed by atoms with Crippen LogP contribution in [-0.2, 0) is 13.5 Å². The number of nitrogens with zero attached hydrogens (tertiary/aromatic N) is 4. The largest absolute Gasteiger partial charge is 0.340 e. The van der Waals surface area contributed by atoms with Crippen LogP contribution < -0.4 is 11.0 Å². The first-order valence-corrected chi connectivity index (χ1v) is 7.25. The highest BCUT2D eigenvalue weighted by Crippen LogP contribution is 2.11. The number of unbranched alkanes of at least 4 members (excludes halogenated alkanes) is 3. The predicted octanol–water partition coefficient (Wildman–Crippen LogP) is 1.44. The number of hydrogen-bond acceptors (Lipinski definition) is 4. The van der Waals surface area contributed by atoms with Crippen LogP contribution in [0.3, 0.4) is 0 Å². The highest BCUT2D eigenvalue weighted by molar-refractivity contribution is 5.87. The van der Waals surface area contributed by atoms with Gasteiger partial charge in [0.15, 0.2) is 5.65 Å². The maximum Gasteiger partial charge on any atom is 0.338 e. The molecule has 7 nitrogen and oxygen atoms in total. The second kappa shape index (κ2) is 6.51. The van der Waals surface area contributed by atoms with E-state index in [0.717, 1.165) is 23.8 Å². The fraction of sp³-hybridized carbons (Fsp3) is 0.571. The Hall–Kier alpha value is -2.18. The topological polar surface area (TPSA) is 81.8 Å². The average Bonchev–Trinajstić information content (AvgIpc) is 2.75. The summed E-state index contributed by atoms with van der Waals surface area (Å²) in [4.78, 5) is 32.6. The van der Waals surface area contributed by atoms with E-state index in [2.05, 4.69) is 22.2 Å². The molecule has 0 radical (unpaired) electrons. The van der Waals surface area contributed by atoms with Gasteiger partial charge in [-0.15, -0.1) is 0 Å². The van der Waals surface area contributed by atoms with Crippen LogP contribution in [0.2, 0.25) is 0 Å². The fourth-order valence-corrected chi connectivity index (χ4v) is 2.29. The summed E-state index contributed by atoms with van der Waals surface area (Å²) in [5.41, 5.74) is 0.505. The summed E-state index contributed by atoms with van der Waals surface area (Å²) in [5.74, 6) is 0.711. The van der Waals surface area contributed by atoms with Gasteiger partial charge in [-0.2, -0.15) is 0 Å². The van der Waals surface area contributed by atoms with Crippen molar-refractivity contribution in [1.82, 2.24) is 24.4 Å². The van der Waals surface area contributed by atoms with Crippen LogP contribution in [-0.4, -0.2) is 32.2 Å². The minimum Gasteiger partial charge on any atom is -0.340 e. The van der Waals surface area contributed by atoms with E-state index in [-0.39, 0.29) is 0 Å². The van der Waals surface area contributed by atoms with E-state index in [9.17, 15) is 9.59 Å². The standard InChI is InChI=1S/C14H21N5O2/c1-4-5-6-7-8-11-16-9-10-12(17-11)18(3)14(21)19(10)13(20)15-2/h9H,4-8H2,1-3H3,(H,15,20). The lowest BCUT2D eigenvalue weighted by molar-refractivity contribution is 0.244. The van der Waals surface area contributed by atoms with Crippen molar-refractivity contribution in [3.8, 4) is 0 Å². The third-order valence-electron chi connectivity index (χ3n) is 3.51. The lowest BCUT2D eigenvalue weighted by Crippen LogP contribution is -2.34. The van der Waals surface area contributed by atoms with Gasteiger partial charge in [0.2, 0.25) is 0 Å². The zero-order valence-electron chi connectivity index (χ0n) is 12.7. The van der Waals surface area contributed by atoms with Crippen molar-refractivity contribution < 1.29 is 4.79 Å². The van der Waals surface area contributed by atoms with Gasteiger partial charge in [-0.05, 0) is 6.42 Å². The molecule has 0 bridgehead atoms. The molecule has 0 unspecified atom stereocenters. The monoisotopic (exact) mass is 291 g/mol. The first-order valence-electron chi connectivity index (χ1n) is 7.25. The van der Waals surface area contributed by atoms with Gasteiger partial charge >= 0.3 is 11.7 Å². The predicted molar refractivity (Wildman–Crippen MR) is 80.5 cm³/mol.